The van der Waals surface area contributed by atoms with Gasteiger partial charge in [0.25, 0.3) is 0 Å². The molecule has 1 atom stereocenters. The van der Waals surface area contributed by atoms with Crippen LogP contribution in [-0.4, -0.2) is 11.5 Å². The van der Waals surface area contributed by atoms with E-state index >= 15 is 0 Å². The van der Waals surface area contributed by atoms with Crippen LogP contribution >= 0.6 is 0 Å². The maximum Gasteiger partial charge on any atom is 0.0705 e. The van der Waals surface area contributed by atoms with E-state index in [1.54, 1.807) is 0 Å². The molecule has 0 radical (unpaired) electrons. The first-order valence-electron chi connectivity index (χ1n) is 7.87. The van der Waals surface area contributed by atoms with E-state index in [9.17, 15) is 0 Å². The Morgan fingerprint density at radius 3 is 2.50 bits per heavy atom. The number of aromatic nitrogens is 1. The third-order valence-corrected chi connectivity index (χ3v) is 4.23. The van der Waals surface area contributed by atoms with Crippen molar-refractivity contribution in [2.45, 2.75) is 46.1 Å². The van der Waals surface area contributed by atoms with Gasteiger partial charge >= 0.3 is 0 Å². The smallest absolute Gasteiger partial charge is 0.0705 e. The number of nitrogens with one attached hydrogen (secondary N) is 1. The molecule has 2 aromatic rings. The lowest BCUT2D eigenvalue weighted by Crippen LogP contribution is -2.23. The average Bonchev–Trinajstić information content (AvgIpc) is 2.51. The Kier molecular flexibility index (Phi) is 5.54. The summed E-state index contributed by atoms with van der Waals surface area (Å²) in [5.74, 6) is 0.783. The van der Waals surface area contributed by atoms with Gasteiger partial charge in [0, 0.05) is 17.6 Å². The van der Waals surface area contributed by atoms with Crippen LogP contribution in [0.2, 0.25) is 0 Å². The normalized spacial score (nSPS) is 13.0. The predicted octanol–water partition coefficient (Wildman–Crippen LogP) is 4.71. The third-order valence-electron chi connectivity index (χ3n) is 4.23. The highest BCUT2D eigenvalue weighted by molar-refractivity contribution is 5.82. The van der Waals surface area contributed by atoms with Gasteiger partial charge in [-0.25, -0.2) is 0 Å². The molecule has 2 heteroatoms. The van der Waals surface area contributed by atoms with Crippen molar-refractivity contribution < 1.29 is 0 Å². The van der Waals surface area contributed by atoms with E-state index in [0.717, 1.165) is 18.0 Å². The molecule has 0 aliphatic heterocycles. The molecule has 108 valence electrons. The Labute approximate surface area is 122 Å². The first-order chi connectivity index (χ1) is 9.80. The van der Waals surface area contributed by atoms with Crippen molar-refractivity contribution in [3.8, 4) is 0 Å². The molecule has 1 heterocycles. The monoisotopic (exact) mass is 270 g/mol. The maximum absolute atomic E-state index is 4.48. The zero-order valence-corrected chi connectivity index (χ0v) is 12.9. The summed E-state index contributed by atoms with van der Waals surface area (Å²) in [5, 5.41) is 4.95. The van der Waals surface area contributed by atoms with Crippen LogP contribution in [-0.2, 0) is 0 Å². The number of nitrogens with zero attached hydrogens (tertiary/aromatic N) is 1. The van der Waals surface area contributed by atoms with Crippen molar-refractivity contribution in [1.82, 2.24) is 10.3 Å². The van der Waals surface area contributed by atoms with E-state index in [-0.39, 0.29) is 0 Å². The molecule has 20 heavy (non-hydrogen) atoms. The molecule has 1 aromatic carbocycles. The molecular weight excluding hydrogens is 244 g/mol. The summed E-state index contributed by atoms with van der Waals surface area (Å²) in [6, 6.07) is 11.1. The van der Waals surface area contributed by atoms with Crippen molar-refractivity contribution in [3.63, 3.8) is 0 Å². The Hall–Kier alpha value is -1.41. The van der Waals surface area contributed by atoms with Gasteiger partial charge in [-0.05, 0) is 36.6 Å². The van der Waals surface area contributed by atoms with Gasteiger partial charge in [-0.1, -0.05) is 51.8 Å². The summed E-state index contributed by atoms with van der Waals surface area (Å²) in [4.78, 5) is 4.48. The number of fused-ring (bicyclic) bond motifs is 1. The van der Waals surface area contributed by atoms with Gasteiger partial charge in [-0.3, -0.25) is 4.98 Å². The van der Waals surface area contributed by atoms with Gasteiger partial charge in [0.1, 0.15) is 0 Å². The van der Waals surface area contributed by atoms with E-state index in [0.29, 0.717) is 6.04 Å². The number of pyridine rings is 1. The van der Waals surface area contributed by atoms with E-state index in [1.165, 1.54) is 30.2 Å². The largest absolute Gasteiger partial charge is 0.310 e. The maximum atomic E-state index is 4.48. The highest BCUT2D eigenvalue weighted by Crippen LogP contribution is 2.29. The minimum atomic E-state index is 0.429. The number of rotatable bonds is 7. The number of para-hydroxylation sites is 1. The molecule has 2 rings (SSSR count). The molecule has 0 saturated carbocycles. The molecule has 0 aliphatic rings. The van der Waals surface area contributed by atoms with Crippen molar-refractivity contribution in [3.05, 3.63) is 42.1 Å². The van der Waals surface area contributed by atoms with Crippen molar-refractivity contribution in [1.29, 1.82) is 0 Å². The average molecular weight is 270 g/mol. The summed E-state index contributed by atoms with van der Waals surface area (Å²) in [6.45, 7) is 7.77. The predicted molar refractivity (Wildman–Crippen MR) is 86.8 cm³/mol. The summed E-state index contributed by atoms with van der Waals surface area (Å²) in [6.07, 6.45) is 5.65. The quantitative estimate of drug-likeness (QED) is 0.788. The van der Waals surface area contributed by atoms with Gasteiger partial charge in [-0.2, -0.15) is 0 Å². The number of benzene rings is 1. The van der Waals surface area contributed by atoms with Crippen molar-refractivity contribution in [2.75, 3.05) is 6.54 Å². The number of hydrogen-bond donors (Lipinski definition) is 1. The lowest BCUT2D eigenvalue weighted by Gasteiger charge is -2.24. The molecule has 2 nitrogen and oxygen atoms in total. The molecule has 0 fully saturated rings. The van der Waals surface area contributed by atoms with E-state index < -0.39 is 0 Å². The first kappa shape index (κ1) is 15.0. The standard InChI is InChI=1S/C18H26N2/c1-4-14(5-2)13-18(19-6-3)16-11-12-20-17-10-8-7-9-15(16)17/h7-12,14,18-19H,4-6,13H2,1-3H3. The molecule has 0 bridgehead atoms. The minimum absolute atomic E-state index is 0.429. The van der Waals surface area contributed by atoms with E-state index in [2.05, 4.69) is 61.4 Å². The van der Waals surface area contributed by atoms with Crippen molar-refractivity contribution >= 4 is 10.9 Å². The van der Waals surface area contributed by atoms with Crippen LogP contribution in [0, 0.1) is 5.92 Å². The van der Waals surface area contributed by atoms with Crippen LogP contribution in [0.15, 0.2) is 36.5 Å². The SMILES string of the molecule is CCNC(CC(CC)CC)c1ccnc2ccccc12. The zero-order chi connectivity index (χ0) is 14.4. The first-order valence-corrected chi connectivity index (χ1v) is 7.87. The molecule has 1 aromatic heterocycles. The molecular formula is C18H26N2. The Bertz CT molecular complexity index is 526. The van der Waals surface area contributed by atoms with Gasteiger partial charge in [-0.15, -0.1) is 0 Å². The van der Waals surface area contributed by atoms with Crippen molar-refractivity contribution in [2.24, 2.45) is 5.92 Å². The van der Waals surface area contributed by atoms with E-state index in [4.69, 9.17) is 0 Å². The highest BCUT2D eigenvalue weighted by atomic mass is 14.9. The lowest BCUT2D eigenvalue weighted by molar-refractivity contribution is 0.377. The van der Waals surface area contributed by atoms with E-state index in [1.807, 2.05) is 6.20 Å². The van der Waals surface area contributed by atoms with Crippen LogP contribution in [0.3, 0.4) is 0 Å². The molecule has 0 saturated heterocycles. The van der Waals surface area contributed by atoms with Crippen LogP contribution in [0.25, 0.3) is 10.9 Å². The molecule has 0 aliphatic carbocycles. The second-order valence-corrected chi connectivity index (χ2v) is 5.45. The van der Waals surface area contributed by atoms with Gasteiger partial charge in [0.2, 0.25) is 0 Å². The molecule has 1 N–H and O–H groups in total. The zero-order valence-electron chi connectivity index (χ0n) is 12.9. The minimum Gasteiger partial charge on any atom is -0.310 e. The highest BCUT2D eigenvalue weighted by Gasteiger charge is 2.17. The molecule has 0 amide bonds. The fourth-order valence-corrected chi connectivity index (χ4v) is 2.94. The summed E-state index contributed by atoms with van der Waals surface area (Å²) >= 11 is 0. The Morgan fingerprint density at radius 1 is 1.05 bits per heavy atom. The lowest BCUT2D eigenvalue weighted by atomic mass is 9.90. The van der Waals surface area contributed by atoms with Gasteiger partial charge in [0.05, 0.1) is 5.52 Å². The Balaban J connectivity index is 2.35. The topological polar surface area (TPSA) is 24.9 Å². The second-order valence-electron chi connectivity index (χ2n) is 5.45. The molecule has 1 unspecified atom stereocenters. The fourth-order valence-electron chi connectivity index (χ4n) is 2.94. The summed E-state index contributed by atoms with van der Waals surface area (Å²) < 4.78 is 0. The Morgan fingerprint density at radius 2 is 1.80 bits per heavy atom. The second kappa shape index (κ2) is 7.39. The van der Waals surface area contributed by atoms with Gasteiger partial charge in [0.15, 0.2) is 0 Å². The molecule has 0 spiro atoms. The number of hydrogen-bond acceptors (Lipinski definition) is 2. The summed E-state index contributed by atoms with van der Waals surface area (Å²) in [7, 11) is 0. The van der Waals surface area contributed by atoms with Crippen LogP contribution in [0.5, 0.6) is 0 Å². The van der Waals surface area contributed by atoms with Gasteiger partial charge < -0.3 is 5.32 Å². The summed E-state index contributed by atoms with van der Waals surface area (Å²) in [5.41, 5.74) is 2.49. The fraction of sp³-hybridized carbons (Fsp3) is 0.500. The van der Waals surface area contributed by atoms with Crippen LogP contribution in [0.4, 0.5) is 0 Å². The third kappa shape index (κ3) is 3.37. The van der Waals surface area contributed by atoms with Crippen LogP contribution in [0.1, 0.15) is 51.6 Å². The van der Waals surface area contributed by atoms with Crippen LogP contribution < -0.4 is 5.32 Å².